The molecule has 0 saturated heterocycles. The number of carbonyl (C=O) groups is 4. The van der Waals surface area contributed by atoms with Crippen molar-refractivity contribution in [3.63, 3.8) is 0 Å². The maximum atomic E-state index is 12.4. The number of carboxylic acids is 2. The van der Waals surface area contributed by atoms with Gasteiger partial charge in [0.2, 0.25) is 12.4 Å². The Labute approximate surface area is 202 Å². The Morgan fingerprint density at radius 1 is 1.28 bits per heavy atom. The van der Waals surface area contributed by atoms with Gasteiger partial charge in [0.1, 0.15) is 6.04 Å². The van der Waals surface area contributed by atoms with E-state index in [-0.39, 0.29) is 42.5 Å². The summed E-state index contributed by atoms with van der Waals surface area (Å²) in [6.07, 6.45) is -0.265. The van der Waals surface area contributed by atoms with Gasteiger partial charge in [0.05, 0.1) is 17.9 Å². The zero-order valence-corrected chi connectivity index (χ0v) is 18.6. The van der Waals surface area contributed by atoms with Gasteiger partial charge in [-0.3, -0.25) is 24.2 Å². The molecule has 36 heavy (non-hydrogen) atoms. The van der Waals surface area contributed by atoms with Crippen molar-refractivity contribution in [2.75, 3.05) is 34.0 Å². The smallest absolute Gasteiger partial charge is 0.326 e. The van der Waals surface area contributed by atoms with E-state index in [0.717, 1.165) is 9.91 Å². The topological polar surface area (TPSA) is 240 Å². The van der Waals surface area contributed by atoms with Gasteiger partial charge >= 0.3 is 11.9 Å². The number of nitrogens with zero attached hydrogens (tertiary/aromatic N) is 4. The number of hydrogen-bond acceptors (Lipinski definition) is 10. The first-order valence-electron chi connectivity index (χ1n) is 10.5. The van der Waals surface area contributed by atoms with Gasteiger partial charge in [0.15, 0.2) is 11.5 Å². The van der Waals surface area contributed by atoms with Gasteiger partial charge in [-0.05, 0) is 30.7 Å². The van der Waals surface area contributed by atoms with Crippen molar-refractivity contribution < 1.29 is 29.4 Å². The fraction of sp³-hybridized carbons (Fsp3) is 0.300. The van der Waals surface area contributed by atoms with Crippen LogP contribution in [0.25, 0.3) is 0 Å². The van der Waals surface area contributed by atoms with Crippen LogP contribution in [0, 0.1) is 4.91 Å². The predicted molar refractivity (Wildman–Crippen MR) is 125 cm³/mol. The van der Waals surface area contributed by atoms with E-state index < -0.39 is 41.9 Å². The van der Waals surface area contributed by atoms with E-state index in [9.17, 15) is 34.0 Å². The van der Waals surface area contributed by atoms with Crippen molar-refractivity contribution in [3.05, 3.63) is 45.1 Å². The second-order valence-corrected chi connectivity index (χ2v) is 7.71. The summed E-state index contributed by atoms with van der Waals surface area (Å²) in [5.74, 6) is -3.62. The summed E-state index contributed by atoms with van der Waals surface area (Å²) < 4.78 is 0. The molecule has 7 N–H and O–H groups in total. The predicted octanol–water partition coefficient (Wildman–Crippen LogP) is -0.655. The molecule has 0 radical (unpaired) electrons. The number of aliphatic carboxylic acids is 2. The van der Waals surface area contributed by atoms with Crippen LogP contribution in [0.4, 0.5) is 23.1 Å². The molecule has 190 valence electrons. The highest BCUT2D eigenvalue weighted by Crippen LogP contribution is 2.30. The fourth-order valence-electron chi connectivity index (χ4n) is 3.56. The number of aromatic amines is 1. The molecule has 16 heteroatoms. The Bertz CT molecular complexity index is 1230. The lowest BCUT2D eigenvalue weighted by Gasteiger charge is -2.36. The third-order valence-electron chi connectivity index (χ3n) is 5.33. The largest absolute Gasteiger partial charge is 0.481 e. The summed E-state index contributed by atoms with van der Waals surface area (Å²) in [6.45, 7) is 0.00137. The number of H-pyrrole nitrogens is 1. The normalized spacial score (nSPS) is 15.4. The molecule has 1 aliphatic rings. The molecule has 2 atom stereocenters. The molecule has 0 saturated carbocycles. The van der Waals surface area contributed by atoms with E-state index in [0.29, 0.717) is 12.1 Å². The molecule has 0 bridgehead atoms. The van der Waals surface area contributed by atoms with Crippen molar-refractivity contribution >= 4 is 47.4 Å². The van der Waals surface area contributed by atoms with E-state index in [4.69, 9.17) is 10.8 Å². The van der Waals surface area contributed by atoms with E-state index in [1.165, 1.54) is 24.3 Å². The van der Waals surface area contributed by atoms with Crippen LogP contribution in [-0.4, -0.2) is 69.6 Å². The van der Waals surface area contributed by atoms with Crippen LogP contribution in [0.5, 0.6) is 0 Å². The first-order chi connectivity index (χ1) is 17.1. The second kappa shape index (κ2) is 10.9. The van der Waals surface area contributed by atoms with E-state index in [2.05, 4.69) is 25.9 Å². The average molecular weight is 502 g/mol. The van der Waals surface area contributed by atoms with E-state index in [1.54, 1.807) is 0 Å². The number of hydrogen-bond donors (Lipinski definition) is 6. The van der Waals surface area contributed by atoms with Crippen LogP contribution in [0.2, 0.25) is 0 Å². The first kappa shape index (κ1) is 25.6. The van der Waals surface area contributed by atoms with Crippen molar-refractivity contribution in [1.29, 1.82) is 0 Å². The highest BCUT2D eigenvalue weighted by Gasteiger charge is 2.35. The van der Waals surface area contributed by atoms with Crippen molar-refractivity contribution in [2.24, 2.45) is 5.29 Å². The standard InChI is InChI=1S/C20H22N8O8/c21-20-24-16-15(18(33)25-20)27(9-29)12(8-28(16)26-36)7-22-11-3-1-10(2-4-11)17(32)23-13(19(34)35)5-6-14(30)31/h1-4,9,12-13,22H,5-8H2,(H,23,32)(H,30,31)(H,34,35)(H3,21,24,25,33)/t12?,13-/m0/s1. The third-order valence-corrected chi connectivity index (χ3v) is 5.33. The molecular formula is C20H22N8O8. The fourth-order valence-corrected chi connectivity index (χ4v) is 3.56. The molecule has 0 aliphatic carbocycles. The Kier molecular flexibility index (Phi) is 7.78. The van der Waals surface area contributed by atoms with Gasteiger partial charge < -0.3 is 31.5 Å². The highest BCUT2D eigenvalue weighted by atomic mass is 16.4. The number of nitroso groups, excluding NO2 is 1. The number of carbonyl (C=O) groups excluding carboxylic acids is 2. The zero-order chi connectivity index (χ0) is 26.4. The van der Waals surface area contributed by atoms with Gasteiger partial charge in [0, 0.05) is 24.2 Å². The lowest BCUT2D eigenvalue weighted by atomic mass is 10.1. The monoisotopic (exact) mass is 502 g/mol. The van der Waals surface area contributed by atoms with Crippen LogP contribution in [0.15, 0.2) is 34.3 Å². The molecule has 1 aromatic heterocycles. The van der Waals surface area contributed by atoms with Gasteiger partial charge in [-0.1, -0.05) is 0 Å². The summed E-state index contributed by atoms with van der Waals surface area (Å²) in [5.41, 5.74) is 5.27. The molecule has 2 amide bonds. The maximum absolute atomic E-state index is 12.4. The molecule has 0 fully saturated rings. The van der Waals surface area contributed by atoms with Gasteiger partial charge in [-0.15, -0.1) is 4.91 Å². The van der Waals surface area contributed by atoms with Crippen LogP contribution in [0.1, 0.15) is 23.2 Å². The minimum absolute atomic E-state index is 0.0778. The summed E-state index contributed by atoms with van der Waals surface area (Å²) in [5, 5.41) is 27.0. The molecule has 2 heterocycles. The minimum Gasteiger partial charge on any atom is -0.481 e. The number of rotatable bonds is 11. The Hall–Kier alpha value is -5.02. The molecule has 1 unspecified atom stereocenters. The SMILES string of the molecule is Nc1nc2c(c(=O)[nH]1)N(C=O)C(CNc1ccc(C(=O)N[C@@H](CCC(=O)O)C(=O)O)cc1)CN2N=O. The molecule has 0 spiro atoms. The molecule has 16 nitrogen and oxygen atoms in total. The Morgan fingerprint density at radius 2 is 1.97 bits per heavy atom. The van der Waals surface area contributed by atoms with Crippen LogP contribution in [0.3, 0.4) is 0 Å². The maximum Gasteiger partial charge on any atom is 0.326 e. The molecule has 2 aromatic rings. The summed E-state index contributed by atoms with van der Waals surface area (Å²) >= 11 is 0. The summed E-state index contributed by atoms with van der Waals surface area (Å²) in [6, 6.07) is 3.81. The van der Waals surface area contributed by atoms with Gasteiger partial charge in [0.25, 0.3) is 11.5 Å². The number of aromatic nitrogens is 2. The van der Waals surface area contributed by atoms with Gasteiger partial charge in [-0.2, -0.15) is 4.98 Å². The molecular weight excluding hydrogens is 480 g/mol. The Balaban J connectivity index is 1.68. The molecule has 3 rings (SSSR count). The lowest BCUT2D eigenvalue weighted by Crippen LogP contribution is -2.52. The first-order valence-corrected chi connectivity index (χ1v) is 10.5. The number of nitrogens with one attached hydrogen (secondary N) is 3. The molecule has 1 aromatic carbocycles. The average Bonchev–Trinajstić information content (AvgIpc) is 2.84. The quantitative estimate of drug-likeness (QED) is 0.166. The number of fused-ring (bicyclic) bond motifs is 1. The third kappa shape index (κ3) is 5.72. The number of nitrogens with two attached hydrogens (primary N) is 1. The van der Waals surface area contributed by atoms with E-state index in [1.807, 2.05) is 0 Å². The summed E-state index contributed by atoms with van der Waals surface area (Å²) in [7, 11) is 0. The van der Waals surface area contributed by atoms with E-state index >= 15 is 0 Å². The number of anilines is 4. The van der Waals surface area contributed by atoms with Crippen molar-refractivity contribution in [1.82, 2.24) is 15.3 Å². The number of amides is 2. The van der Waals surface area contributed by atoms with Crippen LogP contribution in [-0.2, 0) is 14.4 Å². The second-order valence-electron chi connectivity index (χ2n) is 7.71. The zero-order valence-electron chi connectivity index (χ0n) is 18.6. The summed E-state index contributed by atoms with van der Waals surface area (Å²) in [4.78, 5) is 77.0. The Morgan fingerprint density at radius 3 is 2.56 bits per heavy atom. The highest BCUT2D eigenvalue weighted by molar-refractivity contribution is 5.97. The molecule has 1 aliphatic heterocycles. The lowest BCUT2D eigenvalue weighted by molar-refractivity contribution is -0.140. The van der Waals surface area contributed by atoms with Crippen LogP contribution < -0.4 is 31.8 Å². The van der Waals surface area contributed by atoms with Gasteiger partial charge in [-0.25, -0.2) is 9.80 Å². The van der Waals surface area contributed by atoms with Crippen molar-refractivity contribution in [2.45, 2.75) is 24.9 Å². The van der Waals surface area contributed by atoms with Crippen LogP contribution >= 0.6 is 0 Å². The number of benzene rings is 1. The number of nitrogen functional groups attached to an aromatic ring is 1. The minimum atomic E-state index is -1.36. The van der Waals surface area contributed by atoms with Crippen molar-refractivity contribution in [3.8, 4) is 0 Å². The number of carboxylic acid groups (broad SMARTS) is 2.